The highest BCUT2D eigenvalue weighted by atomic mass is 19.1. The van der Waals surface area contributed by atoms with Gasteiger partial charge in [0, 0.05) is 49.4 Å². The molecule has 184 valence electrons. The lowest BCUT2D eigenvalue weighted by atomic mass is 9.90. The van der Waals surface area contributed by atoms with Crippen LogP contribution in [0.3, 0.4) is 0 Å². The van der Waals surface area contributed by atoms with Gasteiger partial charge < -0.3 is 19.9 Å². The fraction of sp³-hybridized carbons (Fsp3) is 0.286. The molecule has 3 aliphatic heterocycles. The van der Waals surface area contributed by atoms with Gasteiger partial charge in [0.2, 0.25) is 0 Å². The van der Waals surface area contributed by atoms with Crippen molar-refractivity contribution in [2.75, 3.05) is 36.0 Å². The van der Waals surface area contributed by atoms with Gasteiger partial charge in [-0.25, -0.2) is 9.18 Å². The molecule has 2 fully saturated rings. The van der Waals surface area contributed by atoms with Gasteiger partial charge in [-0.2, -0.15) is 0 Å². The van der Waals surface area contributed by atoms with E-state index in [0.717, 1.165) is 17.0 Å². The van der Waals surface area contributed by atoms with E-state index in [0.29, 0.717) is 43.9 Å². The molecule has 0 saturated carbocycles. The first-order valence-corrected chi connectivity index (χ1v) is 12.2. The van der Waals surface area contributed by atoms with Gasteiger partial charge in [-0.3, -0.25) is 9.69 Å². The highest BCUT2D eigenvalue weighted by Crippen LogP contribution is 2.45. The lowest BCUT2D eigenvalue weighted by molar-refractivity contribution is 0.0378. The number of nitrogens with one attached hydrogen (secondary N) is 1. The van der Waals surface area contributed by atoms with Crippen LogP contribution < -0.4 is 19.9 Å². The topological polar surface area (TPSA) is 65.1 Å². The van der Waals surface area contributed by atoms with Crippen LogP contribution in [0.15, 0.2) is 72.8 Å². The fourth-order valence-electron chi connectivity index (χ4n) is 5.49. The van der Waals surface area contributed by atoms with Crippen LogP contribution in [0.2, 0.25) is 0 Å². The normalized spacial score (nSPS) is 23.0. The second-order valence-electron chi connectivity index (χ2n) is 9.66. The van der Waals surface area contributed by atoms with Gasteiger partial charge in [0.15, 0.2) is 5.72 Å². The van der Waals surface area contributed by atoms with Crippen LogP contribution in [0.25, 0.3) is 0 Å². The van der Waals surface area contributed by atoms with E-state index in [1.165, 1.54) is 12.1 Å². The number of amides is 3. The summed E-state index contributed by atoms with van der Waals surface area (Å²) >= 11 is 0. The molecule has 1 N–H and O–H groups in total. The minimum Gasteiger partial charge on any atom is -0.467 e. The van der Waals surface area contributed by atoms with E-state index in [2.05, 4.69) is 10.2 Å². The Labute approximate surface area is 209 Å². The molecule has 3 aromatic carbocycles. The van der Waals surface area contributed by atoms with Crippen LogP contribution in [-0.2, 0) is 0 Å². The van der Waals surface area contributed by atoms with Crippen LogP contribution in [0.5, 0.6) is 5.75 Å². The smallest absolute Gasteiger partial charge is 0.325 e. The highest BCUT2D eigenvalue weighted by Gasteiger charge is 2.49. The molecule has 8 heteroatoms. The SMILES string of the molecule is CC12CC(NC(=O)N1c1cccc(C(=O)N3CCN(c4ccc(F)cc4)CC3)c1)c1ccccc1O2. The number of hydrogen-bond acceptors (Lipinski definition) is 4. The van der Waals surface area contributed by atoms with Gasteiger partial charge in [0.25, 0.3) is 5.91 Å². The number of fused-ring (bicyclic) bond motifs is 4. The zero-order chi connectivity index (χ0) is 24.9. The Kier molecular flexibility index (Phi) is 5.32. The number of ether oxygens (including phenoxy) is 1. The molecule has 0 spiro atoms. The molecular formula is C28H27FN4O3. The molecule has 0 radical (unpaired) electrons. The molecule has 0 aromatic heterocycles. The van der Waals surface area contributed by atoms with Crippen molar-refractivity contribution in [3.63, 3.8) is 0 Å². The summed E-state index contributed by atoms with van der Waals surface area (Å²) in [6, 6.07) is 21.0. The molecule has 2 atom stereocenters. The maximum atomic E-state index is 13.4. The maximum Gasteiger partial charge on any atom is 0.325 e. The maximum absolute atomic E-state index is 13.4. The summed E-state index contributed by atoms with van der Waals surface area (Å²) in [5.74, 6) is 0.417. The average Bonchev–Trinajstić information content (AvgIpc) is 2.88. The highest BCUT2D eigenvalue weighted by molar-refractivity contribution is 5.99. The summed E-state index contributed by atoms with van der Waals surface area (Å²) in [6.45, 7) is 4.36. The second kappa shape index (κ2) is 8.55. The minimum atomic E-state index is -0.871. The number of piperazine rings is 1. The summed E-state index contributed by atoms with van der Waals surface area (Å²) in [4.78, 5) is 32.2. The number of para-hydroxylation sites is 1. The van der Waals surface area contributed by atoms with E-state index in [4.69, 9.17) is 4.74 Å². The molecule has 3 amide bonds. The van der Waals surface area contributed by atoms with Crippen molar-refractivity contribution in [3.8, 4) is 5.75 Å². The van der Waals surface area contributed by atoms with Crippen molar-refractivity contribution in [2.24, 2.45) is 0 Å². The van der Waals surface area contributed by atoms with Crippen molar-refractivity contribution in [2.45, 2.75) is 25.1 Å². The lowest BCUT2D eigenvalue weighted by Crippen LogP contribution is -2.65. The number of urea groups is 1. The molecule has 2 saturated heterocycles. The summed E-state index contributed by atoms with van der Waals surface area (Å²) in [5, 5.41) is 3.10. The first-order chi connectivity index (χ1) is 17.4. The van der Waals surface area contributed by atoms with Gasteiger partial charge in [-0.15, -0.1) is 0 Å². The Morgan fingerprint density at radius 3 is 2.50 bits per heavy atom. The summed E-state index contributed by atoms with van der Waals surface area (Å²) < 4.78 is 19.6. The molecule has 6 rings (SSSR count). The Hall–Kier alpha value is -4.07. The number of rotatable bonds is 3. The first kappa shape index (κ1) is 22.4. The number of benzene rings is 3. The van der Waals surface area contributed by atoms with Crippen LogP contribution in [-0.4, -0.2) is 48.7 Å². The Morgan fingerprint density at radius 2 is 1.72 bits per heavy atom. The zero-order valence-corrected chi connectivity index (χ0v) is 20.0. The third-order valence-electron chi connectivity index (χ3n) is 7.29. The van der Waals surface area contributed by atoms with Gasteiger partial charge in [0.05, 0.1) is 11.7 Å². The fourth-order valence-corrected chi connectivity index (χ4v) is 5.49. The van der Waals surface area contributed by atoms with Crippen LogP contribution in [0, 0.1) is 5.82 Å². The summed E-state index contributed by atoms with van der Waals surface area (Å²) in [5.41, 5.74) is 2.19. The number of hydrogen-bond donors (Lipinski definition) is 1. The average molecular weight is 487 g/mol. The molecular weight excluding hydrogens is 459 g/mol. The monoisotopic (exact) mass is 486 g/mol. The summed E-state index contributed by atoms with van der Waals surface area (Å²) in [7, 11) is 0. The molecule has 0 aliphatic carbocycles. The molecule has 2 bridgehead atoms. The Bertz CT molecular complexity index is 1320. The first-order valence-electron chi connectivity index (χ1n) is 12.2. The number of nitrogens with zero attached hydrogens (tertiary/aromatic N) is 3. The largest absolute Gasteiger partial charge is 0.467 e. The minimum absolute atomic E-state index is 0.0778. The third kappa shape index (κ3) is 3.82. The molecule has 7 nitrogen and oxygen atoms in total. The van der Waals surface area contributed by atoms with E-state index in [1.807, 2.05) is 42.2 Å². The predicted molar refractivity (Wildman–Crippen MR) is 135 cm³/mol. The standard InChI is InChI=1S/C28H27FN4O3/c1-28-18-24(23-7-2-3-8-25(23)36-28)30-27(35)33(28)22-6-4-5-19(17-22)26(34)32-15-13-31(14-16-32)21-11-9-20(29)10-12-21/h2-12,17,24H,13-16,18H2,1H3,(H,30,35). The van der Waals surface area contributed by atoms with Gasteiger partial charge in [-0.1, -0.05) is 24.3 Å². The zero-order valence-electron chi connectivity index (χ0n) is 20.0. The molecule has 3 aromatic rings. The lowest BCUT2D eigenvalue weighted by Gasteiger charge is -2.50. The van der Waals surface area contributed by atoms with E-state index < -0.39 is 5.72 Å². The van der Waals surface area contributed by atoms with Gasteiger partial charge >= 0.3 is 6.03 Å². The quantitative estimate of drug-likeness (QED) is 0.590. The van der Waals surface area contributed by atoms with Crippen molar-refractivity contribution in [1.29, 1.82) is 0 Å². The molecule has 3 aliphatic rings. The van der Waals surface area contributed by atoms with E-state index in [9.17, 15) is 14.0 Å². The molecule has 3 heterocycles. The van der Waals surface area contributed by atoms with Crippen molar-refractivity contribution in [1.82, 2.24) is 10.2 Å². The van der Waals surface area contributed by atoms with E-state index in [1.54, 1.807) is 35.2 Å². The van der Waals surface area contributed by atoms with Crippen LogP contribution in [0.1, 0.15) is 35.3 Å². The van der Waals surface area contributed by atoms with Gasteiger partial charge in [-0.05, 0) is 55.5 Å². The Morgan fingerprint density at radius 1 is 0.972 bits per heavy atom. The molecule has 36 heavy (non-hydrogen) atoms. The second-order valence-corrected chi connectivity index (χ2v) is 9.66. The van der Waals surface area contributed by atoms with Crippen molar-refractivity contribution < 1.29 is 18.7 Å². The van der Waals surface area contributed by atoms with Gasteiger partial charge in [0.1, 0.15) is 11.6 Å². The van der Waals surface area contributed by atoms with Crippen molar-refractivity contribution >= 4 is 23.3 Å². The van der Waals surface area contributed by atoms with Crippen molar-refractivity contribution in [3.05, 3.63) is 89.7 Å². The number of carbonyl (C=O) groups is 2. The molecule has 2 unspecified atom stereocenters. The van der Waals surface area contributed by atoms with E-state index in [-0.39, 0.29) is 23.8 Å². The number of halogens is 1. The van der Waals surface area contributed by atoms with E-state index >= 15 is 0 Å². The Balaban J connectivity index is 1.20. The number of carbonyl (C=O) groups excluding carboxylic acids is 2. The number of anilines is 2. The summed E-state index contributed by atoms with van der Waals surface area (Å²) in [6.07, 6.45) is 0.597. The predicted octanol–water partition coefficient (Wildman–Crippen LogP) is 4.56. The third-order valence-corrected chi connectivity index (χ3v) is 7.29. The van der Waals surface area contributed by atoms with Crippen LogP contribution in [0.4, 0.5) is 20.6 Å². The van der Waals surface area contributed by atoms with Crippen LogP contribution >= 0.6 is 0 Å².